The Hall–Kier alpha value is -2.34. The Bertz CT molecular complexity index is 821. The van der Waals surface area contributed by atoms with E-state index in [1.807, 2.05) is 26.0 Å². The van der Waals surface area contributed by atoms with Crippen molar-refractivity contribution in [3.8, 4) is 5.69 Å². The Balaban J connectivity index is 1.77. The van der Waals surface area contributed by atoms with Crippen LogP contribution in [-0.4, -0.2) is 32.8 Å². The zero-order chi connectivity index (χ0) is 19.6. The first-order chi connectivity index (χ1) is 12.9. The number of rotatable bonds is 5. The third-order valence-electron chi connectivity index (χ3n) is 5.08. The Kier molecular flexibility index (Phi) is 5.85. The number of hydrogen-bond donors (Lipinski definition) is 2. The molecule has 1 aromatic carbocycles. The highest BCUT2D eigenvalue weighted by atomic mass is 35.5. The van der Waals surface area contributed by atoms with Crippen LogP contribution >= 0.6 is 11.6 Å². The van der Waals surface area contributed by atoms with Crippen molar-refractivity contribution in [2.24, 2.45) is 5.92 Å². The first-order valence-electron chi connectivity index (χ1n) is 9.24. The minimum atomic E-state index is -0.744. The Morgan fingerprint density at radius 1 is 1.19 bits per heavy atom. The van der Waals surface area contributed by atoms with Gasteiger partial charge in [-0.15, -0.1) is 0 Å². The summed E-state index contributed by atoms with van der Waals surface area (Å²) in [5.74, 6) is -1.09. The van der Waals surface area contributed by atoms with Crippen LogP contribution in [0.2, 0.25) is 5.02 Å². The number of aliphatic carboxylic acids is 1. The molecule has 0 atom stereocenters. The summed E-state index contributed by atoms with van der Waals surface area (Å²) in [4.78, 5) is 23.9. The van der Waals surface area contributed by atoms with Crippen LogP contribution in [0.15, 0.2) is 30.5 Å². The molecule has 0 unspecified atom stereocenters. The molecule has 1 heterocycles. The van der Waals surface area contributed by atoms with Crippen LogP contribution in [0.3, 0.4) is 0 Å². The first-order valence-corrected chi connectivity index (χ1v) is 9.62. The lowest BCUT2D eigenvalue weighted by atomic mass is 9.86. The second-order valence-electron chi connectivity index (χ2n) is 7.35. The van der Waals surface area contributed by atoms with Gasteiger partial charge in [-0.2, -0.15) is 5.10 Å². The summed E-state index contributed by atoms with van der Waals surface area (Å²) in [5, 5.41) is 17.2. The number of aromatic nitrogens is 2. The second kappa shape index (κ2) is 8.13. The van der Waals surface area contributed by atoms with Crippen LogP contribution in [0.4, 0.5) is 0 Å². The van der Waals surface area contributed by atoms with E-state index in [-0.39, 0.29) is 23.8 Å². The van der Waals surface area contributed by atoms with Gasteiger partial charge in [-0.25, -0.2) is 4.68 Å². The molecule has 1 saturated carbocycles. The van der Waals surface area contributed by atoms with Gasteiger partial charge in [-0.1, -0.05) is 25.4 Å². The third kappa shape index (κ3) is 4.33. The molecule has 0 spiro atoms. The molecule has 0 radical (unpaired) electrons. The molecule has 1 amide bonds. The van der Waals surface area contributed by atoms with Gasteiger partial charge in [0.25, 0.3) is 5.91 Å². The van der Waals surface area contributed by atoms with Crippen molar-refractivity contribution in [2.75, 3.05) is 0 Å². The lowest BCUT2D eigenvalue weighted by molar-refractivity contribution is -0.142. The fourth-order valence-corrected chi connectivity index (χ4v) is 3.75. The molecule has 1 aliphatic rings. The minimum Gasteiger partial charge on any atom is -0.481 e. The van der Waals surface area contributed by atoms with Crippen LogP contribution in [0.25, 0.3) is 5.69 Å². The number of nitrogens with one attached hydrogen (secondary N) is 1. The topological polar surface area (TPSA) is 84.2 Å². The molecule has 1 fully saturated rings. The Morgan fingerprint density at radius 3 is 2.37 bits per heavy atom. The molecule has 3 rings (SSSR count). The molecule has 7 heteroatoms. The monoisotopic (exact) mass is 389 g/mol. The zero-order valence-corrected chi connectivity index (χ0v) is 16.2. The number of carboxylic acid groups (broad SMARTS) is 1. The van der Waals surface area contributed by atoms with E-state index in [0.717, 1.165) is 11.4 Å². The number of carbonyl (C=O) groups excluding carboxylic acids is 1. The molecule has 1 aliphatic carbocycles. The molecule has 0 bridgehead atoms. The van der Waals surface area contributed by atoms with Crippen molar-refractivity contribution in [2.45, 2.75) is 51.5 Å². The Morgan fingerprint density at radius 2 is 1.81 bits per heavy atom. The quantitative estimate of drug-likeness (QED) is 0.808. The lowest BCUT2D eigenvalue weighted by Gasteiger charge is -2.27. The fourth-order valence-electron chi connectivity index (χ4n) is 3.62. The van der Waals surface area contributed by atoms with Crippen molar-refractivity contribution in [3.63, 3.8) is 0 Å². The van der Waals surface area contributed by atoms with E-state index in [4.69, 9.17) is 16.7 Å². The average molecular weight is 390 g/mol. The number of carbonyl (C=O) groups is 2. The van der Waals surface area contributed by atoms with Crippen LogP contribution in [0.5, 0.6) is 0 Å². The molecule has 2 aromatic rings. The lowest BCUT2D eigenvalue weighted by Crippen LogP contribution is -2.39. The SMILES string of the molecule is CC(C)c1c(C(=O)NC2CCC(C(=O)O)CC2)cnn1-c1ccc(Cl)cc1. The number of amides is 1. The highest BCUT2D eigenvalue weighted by Crippen LogP contribution is 2.27. The highest BCUT2D eigenvalue weighted by molar-refractivity contribution is 6.30. The third-order valence-corrected chi connectivity index (χ3v) is 5.33. The van der Waals surface area contributed by atoms with Gasteiger partial charge in [0.05, 0.1) is 29.1 Å². The standard InChI is InChI=1S/C20H24ClN3O3/c1-12(2)18-17(11-22-24(18)16-9-5-14(21)6-10-16)19(25)23-15-7-3-13(4-8-15)20(26)27/h5-6,9-13,15H,3-4,7-8H2,1-2H3,(H,23,25)(H,26,27). The van der Waals surface area contributed by atoms with Gasteiger partial charge in [0, 0.05) is 11.1 Å². The van der Waals surface area contributed by atoms with Crippen molar-refractivity contribution in [1.82, 2.24) is 15.1 Å². The number of halogens is 1. The maximum atomic E-state index is 12.9. The van der Waals surface area contributed by atoms with Crippen molar-refractivity contribution in [1.29, 1.82) is 0 Å². The predicted molar refractivity (Wildman–Crippen MR) is 104 cm³/mol. The predicted octanol–water partition coefficient (Wildman–Crippen LogP) is 4.02. The molecule has 2 N–H and O–H groups in total. The van der Waals surface area contributed by atoms with Crippen LogP contribution in [-0.2, 0) is 4.79 Å². The summed E-state index contributed by atoms with van der Waals surface area (Å²) < 4.78 is 1.78. The van der Waals surface area contributed by atoms with E-state index in [1.54, 1.807) is 23.0 Å². The number of benzene rings is 1. The van der Waals surface area contributed by atoms with E-state index in [9.17, 15) is 9.59 Å². The van der Waals surface area contributed by atoms with Gasteiger partial charge >= 0.3 is 5.97 Å². The van der Waals surface area contributed by atoms with E-state index in [0.29, 0.717) is 36.3 Å². The largest absolute Gasteiger partial charge is 0.481 e. The summed E-state index contributed by atoms with van der Waals surface area (Å²) >= 11 is 5.96. The van der Waals surface area contributed by atoms with E-state index >= 15 is 0 Å². The van der Waals surface area contributed by atoms with Gasteiger partial charge in [-0.05, 0) is 55.9 Å². The van der Waals surface area contributed by atoms with E-state index in [2.05, 4.69) is 10.4 Å². The first kappa shape index (κ1) is 19.4. The zero-order valence-electron chi connectivity index (χ0n) is 15.5. The smallest absolute Gasteiger partial charge is 0.306 e. The molecule has 144 valence electrons. The van der Waals surface area contributed by atoms with E-state index < -0.39 is 5.97 Å². The normalized spacial score (nSPS) is 19.9. The molecule has 0 saturated heterocycles. The van der Waals surface area contributed by atoms with Crippen molar-refractivity contribution in [3.05, 3.63) is 46.7 Å². The van der Waals surface area contributed by atoms with E-state index in [1.165, 1.54) is 0 Å². The molecular formula is C20H24ClN3O3. The van der Waals surface area contributed by atoms with Crippen molar-refractivity contribution < 1.29 is 14.7 Å². The van der Waals surface area contributed by atoms with Crippen LogP contribution in [0.1, 0.15) is 61.5 Å². The summed E-state index contributed by atoms with van der Waals surface area (Å²) in [6.45, 7) is 4.05. The summed E-state index contributed by atoms with van der Waals surface area (Å²) in [6, 6.07) is 7.34. The maximum absolute atomic E-state index is 12.9. The molecule has 0 aliphatic heterocycles. The van der Waals surface area contributed by atoms with Gasteiger partial charge in [-0.3, -0.25) is 9.59 Å². The maximum Gasteiger partial charge on any atom is 0.306 e. The van der Waals surface area contributed by atoms with Gasteiger partial charge in [0.15, 0.2) is 0 Å². The molecular weight excluding hydrogens is 366 g/mol. The van der Waals surface area contributed by atoms with Crippen molar-refractivity contribution >= 4 is 23.5 Å². The Labute approximate surface area is 163 Å². The summed E-state index contributed by atoms with van der Waals surface area (Å²) in [5.41, 5.74) is 2.25. The highest BCUT2D eigenvalue weighted by Gasteiger charge is 2.28. The minimum absolute atomic E-state index is 0.00648. The van der Waals surface area contributed by atoms with Gasteiger partial charge in [0.2, 0.25) is 0 Å². The van der Waals surface area contributed by atoms with Gasteiger partial charge in [0.1, 0.15) is 0 Å². The molecule has 1 aromatic heterocycles. The fraction of sp³-hybridized carbons (Fsp3) is 0.450. The summed E-state index contributed by atoms with van der Waals surface area (Å²) in [6.07, 6.45) is 4.17. The van der Waals surface area contributed by atoms with Crippen LogP contribution < -0.4 is 5.32 Å². The molecule has 6 nitrogen and oxygen atoms in total. The van der Waals surface area contributed by atoms with Crippen LogP contribution in [0, 0.1) is 5.92 Å². The second-order valence-corrected chi connectivity index (χ2v) is 7.78. The summed E-state index contributed by atoms with van der Waals surface area (Å²) in [7, 11) is 0. The molecule has 27 heavy (non-hydrogen) atoms. The van der Waals surface area contributed by atoms with Gasteiger partial charge < -0.3 is 10.4 Å². The number of nitrogens with zero attached hydrogens (tertiary/aromatic N) is 2. The average Bonchev–Trinajstić information content (AvgIpc) is 3.08. The number of hydrogen-bond acceptors (Lipinski definition) is 3. The number of carboxylic acids is 1.